The Balaban J connectivity index is 1.69. The van der Waals surface area contributed by atoms with Gasteiger partial charge in [0, 0.05) is 35.5 Å². The smallest absolute Gasteiger partial charge is 0.357 e. The van der Waals surface area contributed by atoms with Crippen LogP contribution in [0.1, 0.15) is 40.0 Å². The monoisotopic (exact) mass is 434 g/mol. The first kappa shape index (κ1) is 20.8. The van der Waals surface area contributed by atoms with Crippen LogP contribution in [0, 0.1) is 30.5 Å². The van der Waals surface area contributed by atoms with Crippen LogP contribution in [-0.4, -0.2) is 23.1 Å². The number of carbonyl (C=O) groups excluding carboxylic acids is 2. The first-order chi connectivity index (χ1) is 14.6. The van der Waals surface area contributed by atoms with E-state index in [1.54, 1.807) is 19.2 Å². The molecule has 1 atom stereocenters. The Morgan fingerprint density at radius 2 is 2.06 bits per heavy atom. The number of hydrogen-bond acceptors (Lipinski definition) is 2. The molecular weight excluding hydrogens is 416 g/mol. The van der Waals surface area contributed by atoms with E-state index in [1.807, 2.05) is 5.32 Å². The van der Waals surface area contributed by atoms with Crippen molar-refractivity contribution in [3.8, 4) is 11.8 Å². The lowest BCUT2D eigenvalue weighted by Gasteiger charge is -2.37. The van der Waals surface area contributed by atoms with Crippen LogP contribution in [0.3, 0.4) is 0 Å². The van der Waals surface area contributed by atoms with Crippen molar-refractivity contribution in [3.05, 3.63) is 52.6 Å². The summed E-state index contributed by atoms with van der Waals surface area (Å²) in [6.45, 7) is 1.43. The molecule has 0 radical (unpaired) electrons. The van der Waals surface area contributed by atoms with Gasteiger partial charge in [-0.2, -0.15) is 13.2 Å². The number of urea groups is 1. The molecule has 6 nitrogen and oxygen atoms in total. The van der Waals surface area contributed by atoms with Gasteiger partial charge in [-0.25, -0.2) is 9.18 Å². The molecule has 1 aliphatic heterocycles. The van der Waals surface area contributed by atoms with Gasteiger partial charge in [-0.15, -0.1) is 0 Å². The average Bonchev–Trinajstić information content (AvgIpc) is 3.42. The summed E-state index contributed by atoms with van der Waals surface area (Å²) in [6, 6.07) is 2.39. The molecule has 1 aromatic carbocycles. The highest BCUT2D eigenvalue weighted by atomic mass is 19.4. The maximum atomic E-state index is 14.8. The maximum absolute atomic E-state index is 14.8. The third-order valence-corrected chi connectivity index (χ3v) is 5.23. The summed E-state index contributed by atoms with van der Waals surface area (Å²) < 4.78 is 57.0. The molecule has 1 aromatic heterocycles. The number of hydrogen-bond donors (Lipinski definition) is 4. The van der Waals surface area contributed by atoms with E-state index in [9.17, 15) is 27.2 Å². The molecule has 3 amide bonds. The number of carbonyl (C=O) groups is 2. The van der Waals surface area contributed by atoms with E-state index < -0.39 is 35.0 Å². The van der Waals surface area contributed by atoms with Gasteiger partial charge in [0.15, 0.2) is 0 Å². The minimum absolute atomic E-state index is 0.0789. The van der Waals surface area contributed by atoms with Crippen molar-refractivity contribution in [2.75, 3.05) is 5.32 Å². The normalized spacial score (nSPS) is 20.1. The van der Waals surface area contributed by atoms with Crippen LogP contribution in [0.2, 0.25) is 0 Å². The van der Waals surface area contributed by atoms with Gasteiger partial charge >= 0.3 is 12.2 Å². The molecule has 1 saturated carbocycles. The van der Waals surface area contributed by atoms with Crippen LogP contribution in [0.15, 0.2) is 24.4 Å². The molecule has 0 saturated heterocycles. The third kappa shape index (κ3) is 3.83. The summed E-state index contributed by atoms with van der Waals surface area (Å²) in [5, 5.41) is 6.63. The van der Waals surface area contributed by atoms with E-state index in [1.165, 1.54) is 0 Å². The zero-order valence-corrected chi connectivity index (χ0v) is 16.3. The van der Waals surface area contributed by atoms with E-state index in [2.05, 4.69) is 27.5 Å². The van der Waals surface area contributed by atoms with E-state index in [-0.39, 0.29) is 23.7 Å². The molecule has 1 aliphatic carbocycles. The molecule has 2 heterocycles. The second-order valence-electron chi connectivity index (χ2n) is 7.58. The van der Waals surface area contributed by atoms with Crippen LogP contribution >= 0.6 is 0 Å². The lowest BCUT2D eigenvalue weighted by atomic mass is 9.85. The highest BCUT2D eigenvalue weighted by Crippen LogP contribution is 2.45. The summed E-state index contributed by atoms with van der Waals surface area (Å²) in [7, 11) is 0. The summed E-state index contributed by atoms with van der Waals surface area (Å²) in [6.07, 6.45) is -2.03. The molecule has 2 aromatic rings. The summed E-state index contributed by atoms with van der Waals surface area (Å²) in [5.74, 6) is 3.08. The number of nitrogens with one attached hydrogen (secondary N) is 4. The summed E-state index contributed by atoms with van der Waals surface area (Å²) in [4.78, 5) is 27.0. The van der Waals surface area contributed by atoms with Crippen LogP contribution in [0.4, 0.5) is 28.0 Å². The number of benzene rings is 1. The molecule has 1 unspecified atom stereocenters. The SMILES string of the molecule is Cc1cc[nH]c1C(=O)NCc1cc2c(cc1F)C(C#CC1CC1)(C(F)(F)F)NC(=O)N2. The Bertz CT molecular complexity index is 1120. The van der Waals surface area contributed by atoms with Crippen LogP contribution in [-0.2, 0) is 12.1 Å². The minimum Gasteiger partial charge on any atom is -0.357 e. The number of alkyl halides is 3. The fraction of sp³-hybridized carbons (Fsp3) is 0.333. The number of aryl methyl sites for hydroxylation is 1. The molecule has 1 fully saturated rings. The van der Waals surface area contributed by atoms with Gasteiger partial charge in [-0.05, 0) is 43.5 Å². The first-order valence-corrected chi connectivity index (χ1v) is 9.54. The zero-order chi connectivity index (χ0) is 22.4. The number of fused-ring (bicyclic) bond motifs is 1. The van der Waals surface area contributed by atoms with Crippen molar-refractivity contribution >= 4 is 17.6 Å². The Hall–Kier alpha value is -3.48. The van der Waals surface area contributed by atoms with Crippen molar-refractivity contribution in [1.29, 1.82) is 0 Å². The molecule has 2 aliphatic rings. The second-order valence-corrected chi connectivity index (χ2v) is 7.58. The van der Waals surface area contributed by atoms with Crippen molar-refractivity contribution < 1.29 is 27.2 Å². The fourth-order valence-electron chi connectivity index (χ4n) is 3.35. The minimum atomic E-state index is -4.98. The Morgan fingerprint density at radius 1 is 1.32 bits per heavy atom. The summed E-state index contributed by atoms with van der Waals surface area (Å²) >= 11 is 0. The lowest BCUT2D eigenvalue weighted by molar-refractivity contribution is -0.178. The van der Waals surface area contributed by atoms with Crippen molar-refractivity contribution in [3.63, 3.8) is 0 Å². The van der Waals surface area contributed by atoms with Crippen molar-refractivity contribution in [2.24, 2.45) is 5.92 Å². The van der Waals surface area contributed by atoms with E-state index in [4.69, 9.17) is 0 Å². The zero-order valence-electron chi connectivity index (χ0n) is 16.3. The van der Waals surface area contributed by atoms with E-state index in [0.29, 0.717) is 30.2 Å². The van der Waals surface area contributed by atoms with Crippen LogP contribution in [0.5, 0.6) is 0 Å². The van der Waals surface area contributed by atoms with Crippen molar-refractivity contribution in [1.82, 2.24) is 15.6 Å². The predicted molar refractivity (Wildman–Crippen MR) is 103 cm³/mol. The molecule has 4 rings (SSSR count). The van der Waals surface area contributed by atoms with Gasteiger partial charge < -0.3 is 20.9 Å². The molecule has 10 heteroatoms. The number of amides is 3. The molecule has 0 bridgehead atoms. The second kappa shape index (κ2) is 7.34. The quantitative estimate of drug-likeness (QED) is 0.439. The van der Waals surface area contributed by atoms with Gasteiger partial charge in [0.05, 0.1) is 0 Å². The van der Waals surface area contributed by atoms with E-state index in [0.717, 1.165) is 6.07 Å². The Kier molecular flexibility index (Phi) is 4.92. The average molecular weight is 434 g/mol. The molecule has 4 N–H and O–H groups in total. The van der Waals surface area contributed by atoms with Gasteiger partial charge in [0.2, 0.25) is 5.54 Å². The van der Waals surface area contributed by atoms with Crippen molar-refractivity contribution in [2.45, 2.75) is 38.0 Å². The van der Waals surface area contributed by atoms with Gasteiger partial charge in [0.1, 0.15) is 11.5 Å². The lowest BCUT2D eigenvalue weighted by Crippen LogP contribution is -2.59. The Morgan fingerprint density at radius 3 is 2.68 bits per heavy atom. The standard InChI is InChI=1S/C21H18F4N4O2/c1-11-5-7-26-17(11)18(30)27-10-13-8-16-14(9-15(13)22)20(21(23,24)25,29-19(31)28-16)6-4-12-2-3-12/h5,7-9,12,26H,2-3,10H2,1H3,(H,27,30)(H2,28,29,31). The Labute approximate surface area is 174 Å². The number of anilines is 1. The maximum Gasteiger partial charge on any atom is 0.427 e. The molecule has 31 heavy (non-hydrogen) atoms. The number of halogens is 4. The largest absolute Gasteiger partial charge is 0.427 e. The molecule has 0 spiro atoms. The van der Waals surface area contributed by atoms with Gasteiger partial charge in [-0.1, -0.05) is 11.8 Å². The predicted octanol–water partition coefficient (Wildman–Crippen LogP) is 3.70. The number of aromatic nitrogens is 1. The fourth-order valence-corrected chi connectivity index (χ4v) is 3.35. The van der Waals surface area contributed by atoms with Gasteiger partial charge in [0.25, 0.3) is 5.91 Å². The number of aromatic amines is 1. The number of rotatable bonds is 3. The van der Waals surface area contributed by atoms with Crippen LogP contribution in [0.25, 0.3) is 0 Å². The van der Waals surface area contributed by atoms with Gasteiger partial charge in [-0.3, -0.25) is 4.79 Å². The van der Waals surface area contributed by atoms with Crippen LogP contribution < -0.4 is 16.0 Å². The number of H-pyrrole nitrogens is 1. The summed E-state index contributed by atoms with van der Waals surface area (Å²) in [5.41, 5.74) is -2.86. The highest BCUT2D eigenvalue weighted by Gasteiger charge is 2.59. The third-order valence-electron chi connectivity index (χ3n) is 5.23. The highest BCUT2D eigenvalue weighted by molar-refractivity contribution is 5.95. The van der Waals surface area contributed by atoms with E-state index >= 15 is 0 Å². The topological polar surface area (TPSA) is 86.0 Å². The first-order valence-electron chi connectivity index (χ1n) is 9.54. The molecular formula is C21H18F4N4O2. The molecule has 162 valence electrons.